The number of alkyl halides is 6. The topological polar surface area (TPSA) is 202 Å². The van der Waals surface area contributed by atoms with Gasteiger partial charge in [0.25, 0.3) is 22.9 Å². The third kappa shape index (κ3) is 11.7. The maximum atomic E-state index is 14.3. The number of nitrogens with zero attached hydrogens (tertiary/aromatic N) is 6. The maximum Gasteiger partial charge on any atom is 0.573 e. The molecular formula is C46H30Cl4F6N8O8. The van der Waals surface area contributed by atoms with Crippen LogP contribution in [0.2, 0.25) is 20.2 Å². The van der Waals surface area contributed by atoms with Crippen LogP contribution in [0.1, 0.15) is 45.8 Å². The average molecular weight is 1080 g/mol. The van der Waals surface area contributed by atoms with Gasteiger partial charge in [0.2, 0.25) is 0 Å². The number of carbonyl (C=O) groups is 2. The summed E-state index contributed by atoms with van der Waals surface area (Å²) in [5.41, 5.74) is -2.97. The summed E-state index contributed by atoms with van der Waals surface area (Å²) in [6.07, 6.45) is -6.76. The van der Waals surface area contributed by atoms with Crippen molar-refractivity contribution in [3.63, 3.8) is 0 Å². The number of aromatic hydroxyl groups is 1. The first-order valence-electron chi connectivity index (χ1n) is 20.5. The number of rotatable bonds is 12. The van der Waals surface area contributed by atoms with Crippen molar-refractivity contribution in [2.24, 2.45) is 0 Å². The molecule has 0 saturated heterocycles. The summed E-state index contributed by atoms with van der Waals surface area (Å²) in [5.74, 6) is -4.05. The minimum Gasteiger partial charge on any atom is -0.504 e. The van der Waals surface area contributed by atoms with Gasteiger partial charge in [0.1, 0.15) is 34.4 Å². The van der Waals surface area contributed by atoms with Gasteiger partial charge in [-0.3, -0.25) is 28.3 Å². The van der Waals surface area contributed by atoms with E-state index in [1.165, 1.54) is 60.8 Å². The van der Waals surface area contributed by atoms with Crippen molar-refractivity contribution >= 4 is 91.5 Å². The first-order chi connectivity index (χ1) is 34.1. The standard InChI is InChI=1S/C44H24Cl4F6N8O8.C2H6/c45-23-15-28(58-37(48)35(23)63)40(65)60-26-9-10-31(34-32(26)41(66)61(18-56-34)16-20-5-1-3-7-29(20)69-43(49,50)51)68-36-24(46)13-22(14-25(36)47)39(64)59-27-11-12-55-38-33(27)42(67)62(19-57-38)17-21-6-2-4-8-30(21)70-44(52,53)54;1-2/h1-15,18-19,63H,16-17H2,(H,60,65)(H,55,59,64);1-2H3. The number of pyridine rings is 2. The van der Waals surface area contributed by atoms with Gasteiger partial charge < -0.3 is 30.0 Å². The summed E-state index contributed by atoms with van der Waals surface area (Å²) >= 11 is 25.2. The van der Waals surface area contributed by atoms with Crippen LogP contribution in [0.5, 0.6) is 28.7 Å². The fraction of sp³-hybridized carbons (Fsp3) is 0.130. The zero-order valence-corrected chi connectivity index (χ0v) is 39.5. The number of carbonyl (C=O) groups excluding carboxylic acids is 2. The third-order valence-electron chi connectivity index (χ3n) is 9.85. The first kappa shape index (κ1) is 52.2. The molecule has 8 aromatic rings. The van der Waals surface area contributed by atoms with E-state index >= 15 is 0 Å². The number of amides is 2. The van der Waals surface area contributed by atoms with Crippen molar-refractivity contribution < 1.29 is 55.2 Å². The number of hydrogen-bond acceptors (Lipinski definition) is 12. The molecule has 26 heteroatoms. The Morgan fingerprint density at radius 2 is 1.18 bits per heavy atom. The number of anilines is 2. The Hall–Kier alpha value is -7.66. The number of para-hydroxylation sites is 2. The molecule has 0 saturated carbocycles. The Balaban J connectivity index is 0.00000376. The van der Waals surface area contributed by atoms with Crippen LogP contribution in [0.15, 0.2) is 113 Å². The Morgan fingerprint density at radius 1 is 0.653 bits per heavy atom. The molecule has 0 fully saturated rings. The van der Waals surface area contributed by atoms with E-state index in [0.717, 1.165) is 52.1 Å². The van der Waals surface area contributed by atoms with E-state index in [-0.39, 0.29) is 76.6 Å². The van der Waals surface area contributed by atoms with Gasteiger partial charge in [0, 0.05) is 22.9 Å². The van der Waals surface area contributed by atoms with E-state index in [0.29, 0.717) is 0 Å². The lowest BCUT2D eigenvalue weighted by molar-refractivity contribution is -0.275. The fourth-order valence-electron chi connectivity index (χ4n) is 6.79. The number of ether oxygens (including phenoxy) is 3. The van der Waals surface area contributed by atoms with Crippen LogP contribution in [-0.2, 0) is 13.1 Å². The normalized spacial score (nSPS) is 11.4. The number of hydrogen-bond donors (Lipinski definition) is 3. The first-order valence-corrected chi connectivity index (χ1v) is 22.0. The molecule has 372 valence electrons. The second kappa shape index (κ2) is 21.4. The summed E-state index contributed by atoms with van der Waals surface area (Å²) in [6, 6.07) is 17.3. The minimum atomic E-state index is -5.07. The van der Waals surface area contributed by atoms with Crippen LogP contribution in [0, 0.1) is 0 Å². The van der Waals surface area contributed by atoms with Gasteiger partial charge in [-0.05, 0) is 48.5 Å². The number of aromatic nitrogens is 6. The van der Waals surface area contributed by atoms with Crippen molar-refractivity contribution in [3.8, 4) is 28.7 Å². The smallest absolute Gasteiger partial charge is 0.504 e. The summed E-state index contributed by atoms with van der Waals surface area (Å²) in [6.45, 7) is 3.09. The molecule has 0 atom stereocenters. The lowest BCUT2D eigenvalue weighted by Gasteiger charge is -2.17. The zero-order chi connectivity index (χ0) is 52.2. The molecule has 0 bridgehead atoms. The van der Waals surface area contributed by atoms with Crippen molar-refractivity contribution in [3.05, 3.63) is 167 Å². The Labute approximate surface area is 420 Å². The molecule has 0 radical (unpaired) electrons. The van der Waals surface area contributed by atoms with Crippen LogP contribution < -0.4 is 36.0 Å². The molecule has 4 aromatic heterocycles. The minimum absolute atomic E-state index is 0.00702. The van der Waals surface area contributed by atoms with Gasteiger partial charge in [-0.1, -0.05) is 96.6 Å². The van der Waals surface area contributed by atoms with E-state index in [1.54, 1.807) is 0 Å². The molecule has 16 nitrogen and oxygen atoms in total. The van der Waals surface area contributed by atoms with Crippen LogP contribution in [-0.4, -0.2) is 58.7 Å². The lowest BCUT2D eigenvalue weighted by Crippen LogP contribution is -2.24. The Bertz CT molecular complexity index is 3500. The average Bonchev–Trinajstić information content (AvgIpc) is 3.32. The van der Waals surface area contributed by atoms with Gasteiger partial charge >= 0.3 is 12.7 Å². The van der Waals surface area contributed by atoms with Crippen molar-refractivity contribution in [1.82, 2.24) is 29.1 Å². The van der Waals surface area contributed by atoms with E-state index in [4.69, 9.17) is 51.1 Å². The lowest BCUT2D eigenvalue weighted by atomic mass is 10.1. The molecule has 0 aliphatic rings. The molecule has 0 spiro atoms. The van der Waals surface area contributed by atoms with E-state index in [2.05, 4.69) is 40.0 Å². The molecule has 2 amide bonds. The molecule has 72 heavy (non-hydrogen) atoms. The Morgan fingerprint density at radius 3 is 1.75 bits per heavy atom. The molecular weight excluding hydrogens is 1050 g/mol. The summed E-state index contributed by atoms with van der Waals surface area (Å²) in [4.78, 5) is 71.5. The number of fused-ring (bicyclic) bond motifs is 2. The number of nitrogens with one attached hydrogen (secondary N) is 2. The quantitative estimate of drug-likeness (QED) is 0.0773. The van der Waals surface area contributed by atoms with Crippen molar-refractivity contribution in [2.75, 3.05) is 10.6 Å². The van der Waals surface area contributed by atoms with Crippen LogP contribution in [0.4, 0.5) is 37.7 Å². The molecule has 0 unspecified atom stereocenters. The fourth-order valence-corrected chi connectivity index (χ4v) is 7.79. The Kier molecular flexibility index (Phi) is 15.5. The molecule has 4 heterocycles. The van der Waals surface area contributed by atoms with Crippen molar-refractivity contribution in [1.29, 1.82) is 0 Å². The van der Waals surface area contributed by atoms with Gasteiger partial charge in [0.15, 0.2) is 28.0 Å². The second-order valence-electron chi connectivity index (χ2n) is 14.5. The highest BCUT2D eigenvalue weighted by molar-refractivity contribution is 6.38. The van der Waals surface area contributed by atoms with Crippen LogP contribution in [0.3, 0.4) is 0 Å². The van der Waals surface area contributed by atoms with E-state index in [9.17, 15) is 50.6 Å². The molecule has 0 aliphatic carbocycles. The van der Waals surface area contributed by atoms with Gasteiger partial charge in [-0.15, -0.1) is 26.3 Å². The molecule has 0 aliphatic heterocycles. The predicted molar refractivity (Wildman–Crippen MR) is 254 cm³/mol. The highest BCUT2D eigenvalue weighted by Gasteiger charge is 2.33. The van der Waals surface area contributed by atoms with Crippen LogP contribution in [0.25, 0.3) is 21.9 Å². The number of benzene rings is 4. The highest BCUT2D eigenvalue weighted by Crippen LogP contribution is 2.41. The van der Waals surface area contributed by atoms with E-state index in [1.807, 2.05) is 13.8 Å². The van der Waals surface area contributed by atoms with Gasteiger partial charge in [-0.2, -0.15) is 0 Å². The predicted octanol–water partition coefficient (Wildman–Crippen LogP) is 11.4. The SMILES string of the molecule is CC.O=C(Nc1ccnc2ncn(Cc3ccccc3OC(F)(F)F)c(=O)c12)c1cc(Cl)c(Oc2ccc(NC(=O)c3cc(Cl)c(O)c(Cl)n3)c3c(=O)n(Cc4ccccc4OC(F)(F)F)cnc23)c(Cl)c1. The van der Waals surface area contributed by atoms with Gasteiger partial charge in [0.05, 0.1) is 51.2 Å². The van der Waals surface area contributed by atoms with Gasteiger partial charge in [-0.25, -0.2) is 19.9 Å². The zero-order valence-electron chi connectivity index (χ0n) is 36.5. The molecule has 4 aromatic carbocycles. The molecule has 3 N–H and O–H groups in total. The summed E-state index contributed by atoms with van der Waals surface area (Å²) in [5, 5.41) is 13.1. The van der Waals surface area contributed by atoms with E-state index < -0.39 is 76.8 Å². The third-order valence-corrected chi connectivity index (χ3v) is 11.0. The largest absolute Gasteiger partial charge is 0.573 e. The van der Waals surface area contributed by atoms with Crippen LogP contribution >= 0.6 is 46.4 Å². The summed E-state index contributed by atoms with van der Waals surface area (Å²) in [7, 11) is 0. The monoisotopic (exact) mass is 1080 g/mol. The summed E-state index contributed by atoms with van der Waals surface area (Å²) < 4.78 is 95.4. The maximum absolute atomic E-state index is 14.3. The second-order valence-corrected chi connectivity index (χ2v) is 16.0. The highest BCUT2D eigenvalue weighted by atomic mass is 35.5. The van der Waals surface area contributed by atoms with Crippen molar-refractivity contribution in [2.45, 2.75) is 39.7 Å². The number of halogens is 10. The molecule has 8 rings (SSSR count).